The molecular weight excluding hydrogens is 240 g/mol. The molecule has 1 saturated carbocycles. The predicted octanol–water partition coefficient (Wildman–Crippen LogP) is 1.64. The molecule has 2 rings (SSSR count). The number of hydrogen-bond acceptors (Lipinski definition) is 4. The molecule has 0 aromatic heterocycles. The molecule has 112 valence electrons. The monoisotopic (exact) mass is 270 g/mol. The normalized spacial score (nSPS) is 33.8. The lowest BCUT2D eigenvalue weighted by atomic mass is 9.90. The van der Waals surface area contributed by atoms with Crippen molar-refractivity contribution < 1.29 is 9.47 Å². The second-order valence-electron chi connectivity index (χ2n) is 6.21. The van der Waals surface area contributed by atoms with Crippen LogP contribution in [0.2, 0.25) is 0 Å². The number of methoxy groups -OCH3 is 1. The predicted molar refractivity (Wildman–Crippen MR) is 77.5 cm³/mol. The Balaban J connectivity index is 1.90. The van der Waals surface area contributed by atoms with E-state index in [0.717, 1.165) is 26.3 Å². The first-order chi connectivity index (χ1) is 9.20. The van der Waals surface area contributed by atoms with Gasteiger partial charge in [-0.05, 0) is 25.7 Å². The van der Waals surface area contributed by atoms with Crippen molar-refractivity contribution in [2.24, 2.45) is 0 Å². The van der Waals surface area contributed by atoms with Gasteiger partial charge in [-0.1, -0.05) is 13.8 Å². The van der Waals surface area contributed by atoms with Gasteiger partial charge in [-0.3, -0.25) is 4.90 Å². The third kappa shape index (κ3) is 4.42. The van der Waals surface area contributed by atoms with Crippen molar-refractivity contribution in [1.29, 1.82) is 0 Å². The van der Waals surface area contributed by atoms with Crippen LogP contribution in [0.3, 0.4) is 0 Å². The summed E-state index contributed by atoms with van der Waals surface area (Å²) in [6.45, 7) is 8.27. The molecule has 3 atom stereocenters. The quantitative estimate of drug-likeness (QED) is 0.823. The summed E-state index contributed by atoms with van der Waals surface area (Å²) in [6.07, 6.45) is 5.49. The van der Waals surface area contributed by atoms with Gasteiger partial charge in [-0.25, -0.2) is 0 Å². The zero-order chi connectivity index (χ0) is 13.7. The summed E-state index contributed by atoms with van der Waals surface area (Å²) in [6, 6.07) is 1.75. The van der Waals surface area contributed by atoms with Crippen molar-refractivity contribution in [3.8, 4) is 0 Å². The zero-order valence-electron chi connectivity index (χ0n) is 12.7. The lowest BCUT2D eigenvalue weighted by molar-refractivity contribution is -0.0532. The first kappa shape index (κ1) is 15.2. The highest BCUT2D eigenvalue weighted by molar-refractivity contribution is 4.87. The van der Waals surface area contributed by atoms with Crippen molar-refractivity contribution in [1.82, 2.24) is 10.2 Å². The molecule has 1 saturated heterocycles. The van der Waals surface area contributed by atoms with Crippen LogP contribution in [-0.2, 0) is 9.47 Å². The molecule has 0 spiro atoms. The Morgan fingerprint density at radius 3 is 2.95 bits per heavy atom. The van der Waals surface area contributed by atoms with Crippen LogP contribution >= 0.6 is 0 Å². The first-order valence-electron chi connectivity index (χ1n) is 7.80. The molecule has 3 unspecified atom stereocenters. The van der Waals surface area contributed by atoms with E-state index in [9.17, 15) is 0 Å². The molecular formula is C15H30N2O2. The Morgan fingerprint density at radius 1 is 1.37 bits per heavy atom. The fourth-order valence-electron chi connectivity index (χ4n) is 3.33. The number of morpholine rings is 1. The van der Waals surface area contributed by atoms with Crippen LogP contribution < -0.4 is 5.32 Å². The summed E-state index contributed by atoms with van der Waals surface area (Å²) in [5, 5.41) is 3.56. The topological polar surface area (TPSA) is 33.7 Å². The van der Waals surface area contributed by atoms with Gasteiger partial charge in [0, 0.05) is 38.3 Å². The van der Waals surface area contributed by atoms with E-state index in [1.807, 2.05) is 7.11 Å². The van der Waals surface area contributed by atoms with Gasteiger partial charge >= 0.3 is 0 Å². The number of hydrogen-bond donors (Lipinski definition) is 1. The molecule has 0 amide bonds. The third-order valence-corrected chi connectivity index (χ3v) is 4.44. The van der Waals surface area contributed by atoms with Crippen molar-refractivity contribution in [3.63, 3.8) is 0 Å². The summed E-state index contributed by atoms with van der Waals surface area (Å²) in [7, 11) is 1.85. The number of nitrogens with one attached hydrogen (secondary N) is 1. The number of nitrogens with zero attached hydrogens (tertiary/aromatic N) is 1. The summed E-state index contributed by atoms with van der Waals surface area (Å²) < 4.78 is 11.2. The Hall–Kier alpha value is -0.160. The fourth-order valence-corrected chi connectivity index (χ4v) is 3.33. The molecule has 0 radical (unpaired) electrons. The Morgan fingerprint density at radius 2 is 2.21 bits per heavy atom. The molecule has 1 aliphatic carbocycles. The van der Waals surface area contributed by atoms with Gasteiger partial charge < -0.3 is 14.8 Å². The summed E-state index contributed by atoms with van der Waals surface area (Å²) in [4.78, 5) is 2.67. The highest BCUT2D eigenvalue weighted by Crippen LogP contribution is 2.27. The van der Waals surface area contributed by atoms with E-state index in [1.165, 1.54) is 25.7 Å². The second kappa shape index (κ2) is 7.58. The second-order valence-corrected chi connectivity index (χ2v) is 6.21. The van der Waals surface area contributed by atoms with Crippen molar-refractivity contribution in [2.75, 3.05) is 33.4 Å². The maximum atomic E-state index is 5.68. The molecule has 4 heteroatoms. The summed E-state index contributed by atoms with van der Waals surface area (Å²) >= 11 is 0. The molecule has 2 fully saturated rings. The molecule has 1 aliphatic heterocycles. The average molecular weight is 270 g/mol. The van der Waals surface area contributed by atoms with Gasteiger partial charge in [0.2, 0.25) is 0 Å². The van der Waals surface area contributed by atoms with E-state index >= 15 is 0 Å². The van der Waals surface area contributed by atoms with Crippen LogP contribution in [0.4, 0.5) is 0 Å². The standard InChI is InChI=1S/C15H30N2O2/c1-12(2)16-10-14-11-19-8-7-17(14)13-5-4-6-15(9-13)18-3/h12-16H,4-11H2,1-3H3. The average Bonchev–Trinajstić information content (AvgIpc) is 2.45. The van der Waals surface area contributed by atoms with Crippen LogP contribution in [-0.4, -0.2) is 62.5 Å². The highest BCUT2D eigenvalue weighted by atomic mass is 16.5. The van der Waals surface area contributed by atoms with Crippen LogP contribution in [0.5, 0.6) is 0 Å². The van der Waals surface area contributed by atoms with Gasteiger partial charge in [-0.2, -0.15) is 0 Å². The van der Waals surface area contributed by atoms with Crippen molar-refractivity contribution >= 4 is 0 Å². The van der Waals surface area contributed by atoms with Crippen molar-refractivity contribution in [3.05, 3.63) is 0 Å². The maximum absolute atomic E-state index is 5.68. The molecule has 19 heavy (non-hydrogen) atoms. The Kier molecular flexibility index (Phi) is 6.07. The highest BCUT2D eigenvalue weighted by Gasteiger charge is 2.32. The number of ether oxygens (including phenoxy) is 2. The lowest BCUT2D eigenvalue weighted by Gasteiger charge is -2.44. The van der Waals surface area contributed by atoms with Gasteiger partial charge in [0.15, 0.2) is 0 Å². The van der Waals surface area contributed by atoms with Crippen LogP contribution in [0, 0.1) is 0 Å². The SMILES string of the molecule is COC1CCCC(N2CCOCC2CNC(C)C)C1. The minimum atomic E-state index is 0.459. The van der Waals surface area contributed by atoms with Crippen molar-refractivity contribution in [2.45, 2.75) is 63.8 Å². The summed E-state index contributed by atoms with van der Waals surface area (Å²) in [5.74, 6) is 0. The first-order valence-corrected chi connectivity index (χ1v) is 7.80. The zero-order valence-corrected chi connectivity index (χ0v) is 12.7. The number of rotatable bonds is 5. The molecule has 0 aromatic carbocycles. The van der Waals surface area contributed by atoms with Gasteiger partial charge in [0.1, 0.15) is 0 Å². The fraction of sp³-hybridized carbons (Fsp3) is 1.00. The van der Waals surface area contributed by atoms with E-state index in [1.54, 1.807) is 0 Å². The molecule has 4 nitrogen and oxygen atoms in total. The Bertz CT molecular complexity index is 261. The third-order valence-electron chi connectivity index (χ3n) is 4.44. The van der Waals surface area contributed by atoms with Crippen LogP contribution in [0.1, 0.15) is 39.5 Å². The van der Waals surface area contributed by atoms with Gasteiger partial charge in [0.05, 0.1) is 19.3 Å². The van der Waals surface area contributed by atoms with Crippen LogP contribution in [0.25, 0.3) is 0 Å². The maximum Gasteiger partial charge on any atom is 0.0635 e. The molecule has 1 heterocycles. The van der Waals surface area contributed by atoms with E-state index in [4.69, 9.17) is 9.47 Å². The molecule has 0 aromatic rings. The lowest BCUT2D eigenvalue weighted by Crippen LogP contribution is -2.56. The minimum absolute atomic E-state index is 0.459. The smallest absolute Gasteiger partial charge is 0.0635 e. The molecule has 1 N–H and O–H groups in total. The van der Waals surface area contributed by atoms with Gasteiger partial charge in [-0.15, -0.1) is 0 Å². The van der Waals surface area contributed by atoms with E-state index in [0.29, 0.717) is 24.2 Å². The minimum Gasteiger partial charge on any atom is -0.381 e. The van der Waals surface area contributed by atoms with Gasteiger partial charge in [0.25, 0.3) is 0 Å². The van der Waals surface area contributed by atoms with E-state index < -0.39 is 0 Å². The molecule has 2 aliphatic rings. The van der Waals surface area contributed by atoms with Crippen LogP contribution in [0.15, 0.2) is 0 Å². The van der Waals surface area contributed by atoms with E-state index in [-0.39, 0.29) is 0 Å². The Labute approximate surface area is 117 Å². The van der Waals surface area contributed by atoms with E-state index in [2.05, 4.69) is 24.1 Å². The largest absolute Gasteiger partial charge is 0.381 e. The summed E-state index contributed by atoms with van der Waals surface area (Å²) in [5.41, 5.74) is 0. The molecule has 0 bridgehead atoms.